The van der Waals surface area contributed by atoms with E-state index < -0.39 is 9.84 Å². The number of likely N-dealkylation sites (tertiary alicyclic amines) is 1. The number of benzene rings is 1. The van der Waals surface area contributed by atoms with Crippen LogP contribution in [0.15, 0.2) is 52.0 Å². The first-order valence-electron chi connectivity index (χ1n) is 7.74. The van der Waals surface area contributed by atoms with Crippen molar-refractivity contribution in [2.45, 2.75) is 11.0 Å². The predicted octanol–water partition coefficient (Wildman–Crippen LogP) is 1.50. The van der Waals surface area contributed by atoms with Crippen molar-refractivity contribution in [2.24, 2.45) is 11.7 Å². The van der Waals surface area contributed by atoms with Crippen LogP contribution in [0.25, 0.3) is 0 Å². The first-order valence-corrected chi connectivity index (χ1v) is 9.63. The zero-order valence-corrected chi connectivity index (χ0v) is 14.2. The topological polar surface area (TPSA) is 93.6 Å². The maximum atomic E-state index is 12.6. The van der Waals surface area contributed by atoms with Crippen molar-refractivity contribution in [1.29, 1.82) is 0 Å². The van der Waals surface area contributed by atoms with Crippen LogP contribution < -0.4 is 5.73 Å². The summed E-state index contributed by atoms with van der Waals surface area (Å²) in [4.78, 5) is 14.3. The molecule has 0 bridgehead atoms. The average molecular weight is 348 g/mol. The lowest BCUT2D eigenvalue weighted by molar-refractivity contribution is 0.0749. The highest BCUT2D eigenvalue weighted by Crippen LogP contribution is 2.33. The molecule has 0 unspecified atom stereocenters. The SMILES string of the molecule is CS(=O)(=O)c1ccc(C(=O)N2C[C@@H](CN)[C@H](c3ccccc3)C2)o1. The molecular formula is C17H20N2O4S. The molecule has 24 heavy (non-hydrogen) atoms. The summed E-state index contributed by atoms with van der Waals surface area (Å²) in [5, 5.41) is -0.194. The van der Waals surface area contributed by atoms with Gasteiger partial charge in [0.2, 0.25) is 14.9 Å². The van der Waals surface area contributed by atoms with Crippen LogP contribution in [-0.2, 0) is 9.84 Å². The summed E-state index contributed by atoms with van der Waals surface area (Å²) in [6.45, 7) is 1.56. The summed E-state index contributed by atoms with van der Waals surface area (Å²) in [5.41, 5.74) is 7.04. The standard InChI is InChI=1S/C17H20N2O4S/c1-24(21,22)16-8-7-15(23-16)17(20)19-10-13(9-18)14(11-19)12-5-3-2-4-6-12/h2-8,13-14H,9-11,18H2,1H3/t13-,14+/m1/s1. The maximum absolute atomic E-state index is 12.6. The van der Waals surface area contributed by atoms with E-state index >= 15 is 0 Å². The Morgan fingerprint density at radius 3 is 2.50 bits per heavy atom. The highest BCUT2D eigenvalue weighted by Gasteiger charge is 2.36. The van der Waals surface area contributed by atoms with Gasteiger partial charge in [0.15, 0.2) is 5.76 Å². The molecule has 3 rings (SSSR count). The van der Waals surface area contributed by atoms with Crippen LogP contribution in [0.2, 0.25) is 0 Å². The molecule has 2 aromatic rings. The second kappa shape index (κ2) is 6.41. The van der Waals surface area contributed by atoms with E-state index in [-0.39, 0.29) is 28.6 Å². The number of sulfone groups is 1. The van der Waals surface area contributed by atoms with Gasteiger partial charge in [-0.3, -0.25) is 4.79 Å². The van der Waals surface area contributed by atoms with Gasteiger partial charge in [0.1, 0.15) is 0 Å². The third kappa shape index (κ3) is 3.22. The van der Waals surface area contributed by atoms with Crippen molar-refractivity contribution in [1.82, 2.24) is 4.90 Å². The molecular weight excluding hydrogens is 328 g/mol. The minimum atomic E-state index is -3.47. The minimum Gasteiger partial charge on any atom is -0.440 e. The van der Waals surface area contributed by atoms with Crippen LogP contribution in [-0.4, -0.2) is 45.1 Å². The Balaban J connectivity index is 1.80. The third-order valence-electron chi connectivity index (χ3n) is 4.42. The number of furan rings is 1. The monoisotopic (exact) mass is 348 g/mol. The van der Waals surface area contributed by atoms with Crippen molar-refractivity contribution in [3.8, 4) is 0 Å². The number of hydrogen-bond acceptors (Lipinski definition) is 5. The van der Waals surface area contributed by atoms with E-state index in [4.69, 9.17) is 10.2 Å². The first kappa shape index (κ1) is 16.7. The lowest BCUT2D eigenvalue weighted by Crippen LogP contribution is -2.29. The van der Waals surface area contributed by atoms with Gasteiger partial charge in [-0.15, -0.1) is 0 Å². The van der Waals surface area contributed by atoms with Gasteiger partial charge in [0, 0.05) is 25.3 Å². The van der Waals surface area contributed by atoms with Crippen molar-refractivity contribution in [3.63, 3.8) is 0 Å². The van der Waals surface area contributed by atoms with E-state index in [2.05, 4.69) is 0 Å². The summed E-state index contributed by atoms with van der Waals surface area (Å²) in [6, 6.07) is 12.7. The normalized spacial score (nSPS) is 21.2. The molecule has 0 radical (unpaired) electrons. The second-order valence-electron chi connectivity index (χ2n) is 6.11. The van der Waals surface area contributed by atoms with Crippen molar-refractivity contribution in [2.75, 3.05) is 25.9 Å². The fraction of sp³-hybridized carbons (Fsp3) is 0.353. The number of nitrogens with two attached hydrogens (primary N) is 1. The first-order chi connectivity index (χ1) is 11.4. The van der Waals surface area contributed by atoms with Crippen molar-refractivity contribution < 1.29 is 17.6 Å². The molecule has 0 spiro atoms. The van der Waals surface area contributed by atoms with Crippen LogP contribution >= 0.6 is 0 Å². The molecule has 0 saturated carbocycles. The summed E-state index contributed by atoms with van der Waals surface area (Å²) >= 11 is 0. The van der Waals surface area contributed by atoms with Crippen LogP contribution in [0.4, 0.5) is 0 Å². The van der Waals surface area contributed by atoms with Gasteiger partial charge in [-0.1, -0.05) is 30.3 Å². The van der Waals surface area contributed by atoms with Gasteiger partial charge in [0.05, 0.1) is 0 Å². The van der Waals surface area contributed by atoms with E-state index in [1.165, 1.54) is 12.1 Å². The molecule has 1 amide bonds. The lowest BCUT2D eigenvalue weighted by atomic mass is 9.89. The Labute approximate surface area is 141 Å². The molecule has 2 N–H and O–H groups in total. The zero-order chi connectivity index (χ0) is 17.3. The van der Waals surface area contributed by atoms with Crippen LogP contribution in [0.3, 0.4) is 0 Å². The zero-order valence-electron chi connectivity index (χ0n) is 13.4. The molecule has 6 nitrogen and oxygen atoms in total. The van der Waals surface area contributed by atoms with Crippen molar-refractivity contribution >= 4 is 15.7 Å². The predicted molar refractivity (Wildman–Crippen MR) is 89.4 cm³/mol. The van der Waals surface area contributed by atoms with E-state index in [1.54, 1.807) is 4.90 Å². The van der Waals surface area contributed by atoms with Crippen LogP contribution in [0, 0.1) is 5.92 Å². The molecule has 2 heterocycles. The van der Waals surface area contributed by atoms with Gasteiger partial charge >= 0.3 is 0 Å². The molecule has 1 fully saturated rings. The fourth-order valence-electron chi connectivity index (χ4n) is 3.14. The largest absolute Gasteiger partial charge is 0.440 e. The number of rotatable bonds is 4. The second-order valence-corrected chi connectivity index (χ2v) is 8.06. The van der Waals surface area contributed by atoms with E-state index in [1.807, 2.05) is 30.3 Å². The summed E-state index contributed by atoms with van der Waals surface area (Å²) in [7, 11) is -3.47. The smallest absolute Gasteiger partial charge is 0.289 e. The molecule has 0 aliphatic carbocycles. The van der Waals surface area contributed by atoms with Crippen molar-refractivity contribution in [3.05, 3.63) is 53.8 Å². The van der Waals surface area contributed by atoms with Gasteiger partial charge in [0.25, 0.3) is 5.91 Å². The molecule has 1 aliphatic rings. The Morgan fingerprint density at radius 1 is 1.21 bits per heavy atom. The summed E-state index contributed by atoms with van der Waals surface area (Å²) < 4.78 is 28.2. The van der Waals surface area contributed by atoms with Gasteiger partial charge < -0.3 is 15.1 Å². The number of nitrogens with zero attached hydrogens (tertiary/aromatic N) is 1. The quantitative estimate of drug-likeness (QED) is 0.904. The Bertz CT molecular complexity index is 829. The lowest BCUT2D eigenvalue weighted by Gasteiger charge is -2.16. The summed E-state index contributed by atoms with van der Waals surface area (Å²) in [6.07, 6.45) is 1.05. The van der Waals surface area contributed by atoms with Gasteiger partial charge in [-0.2, -0.15) is 0 Å². The Hall–Kier alpha value is -2.12. The Morgan fingerprint density at radius 2 is 1.92 bits per heavy atom. The van der Waals surface area contributed by atoms with E-state index in [0.29, 0.717) is 19.6 Å². The molecule has 1 aromatic carbocycles. The molecule has 128 valence electrons. The number of hydrogen-bond donors (Lipinski definition) is 1. The molecule has 1 aliphatic heterocycles. The highest BCUT2D eigenvalue weighted by molar-refractivity contribution is 7.90. The van der Waals surface area contributed by atoms with E-state index in [9.17, 15) is 13.2 Å². The number of carbonyl (C=O) groups is 1. The molecule has 1 saturated heterocycles. The number of carbonyl (C=O) groups excluding carboxylic acids is 1. The van der Waals surface area contributed by atoms with Gasteiger partial charge in [-0.05, 0) is 30.2 Å². The highest BCUT2D eigenvalue weighted by atomic mass is 32.2. The van der Waals surface area contributed by atoms with Crippen LogP contribution in [0.1, 0.15) is 22.0 Å². The average Bonchev–Trinajstić information content (AvgIpc) is 3.22. The minimum absolute atomic E-state index is 0.0416. The maximum Gasteiger partial charge on any atom is 0.289 e. The molecule has 2 atom stereocenters. The molecule has 1 aromatic heterocycles. The van der Waals surface area contributed by atoms with Gasteiger partial charge in [-0.25, -0.2) is 8.42 Å². The number of amides is 1. The third-order valence-corrected chi connectivity index (χ3v) is 5.37. The summed E-state index contributed by atoms with van der Waals surface area (Å²) in [5.74, 6) is 0.0758. The van der Waals surface area contributed by atoms with Crippen LogP contribution in [0.5, 0.6) is 0 Å². The molecule has 7 heteroatoms. The van der Waals surface area contributed by atoms with E-state index in [0.717, 1.165) is 11.8 Å². The Kier molecular flexibility index (Phi) is 4.47. The fourth-order valence-corrected chi connectivity index (χ4v) is 3.70.